The number of nitrogen functional groups attached to an aromatic ring is 1. The maximum Gasteiger partial charge on any atom is 0.281 e. The predicted octanol–water partition coefficient (Wildman–Crippen LogP) is 1.88. The Balaban J connectivity index is 2.65. The number of hydrogen-bond acceptors (Lipinski definition) is 4. The Labute approximate surface area is 91.3 Å². The Bertz CT molecular complexity index is 548. The molecule has 3 N–H and O–H groups in total. The number of nitrogens with two attached hydrogens (primary N) is 1. The number of aromatic amines is 1. The lowest BCUT2D eigenvalue weighted by atomic mass is 10.1. The van der Waals surface area contributed by atoms with Crippen LogP contribution in [0.5, 0.6) is 0 Å². The molecule has 0 radical (unpaired) electrons. The summed E-state index contributed by atoms with van der Waals surface area (Å²) in [7, 11) is 0. The molecule has 0 unspecified atom stereocenters. The molecule has 1 aromatic heterocycles. The van der Waals surface area contributed by atoms with Crippen molar-refractivity contribution in [3.63, 3.8) is 0 Å². The molecule has 16 heavy (non-hydrogen) atoms. The molecule has 0 aliphatic rings. The summed E-state index contributed by atoms with van der Waals surface area (Å²) >= 11 is 0. The van der Waals surface area contributed by atoms with Crippen molar-refractivity contribution in [2.75, 3.05) is 5.73 Å². The van der Waals surface area contributed by atoms with Gasteiger partial charge in [-0.1, -0.05) is 12.1 Å². The first-order valence-corrected chi connectivity index (χ1v) is 4.64. The highest BCUT2D eigenvalue weighted by Gasteiger charge is 2.19. The molecule has 0 aliphatic carbocycles. The monoisotopic (exact) mass is 218 g/mol. The van der Waals surface area contributed by atoms with Gasteiger partial charge in [0.15, 0.2) is 5.95 Å². The van der Waals surface area contributed by atoms with Crippen LogP contribution in [-0.4, -0.2) is 14.9 Å². The summed E-state index contributed by atoms with van der Waals surface area (Å²) in [6.45, 7) is 1.70. The standard InChI is InChI=1S/C10H10N4O2/c1-6-3-2-4-7(9(6)14(15)16)8-5-12-10(11)13-8/h2-5H,1H3,(H3,11,12,13). The van der Waals surface area contributed by atoms with Crippen LogP contribution in [0.4, 0.5) is 11.6 Å². The zero-order chi connectivity index (χ0) is 11.7. The molecule has 6 heteroatoms. The van der Waals surface area contributed by atoms with E-state index in [1.54, 1.807) is 25.1 Å². The molecule has 0 saturated heterocycles. The van der Waals surface area contributed by atoms with Crippen molar-refractivity contribution < 1.29 is 4.92 Å². The highest BCUT2D eigenvalue weighted by molar-refractivity contribution is 5.73. The largest absolute Gasteiger partial charge is 0.369 e. The number of nitro benzene ring substituents is 1. The van der Waals surface area contributed by atoms with Crippen LogP contribution in [0.2, 0.25) is 0 Å². The molecule has 0 amide bonds. The van der Waals surface area contributed by atoms with Crippen molar-refractivity contribution in [1.29, 1.82) is 0 Å². The summed E-state index contributed by atoms with van der Waals surface area (Å²) in [5, 5.41) is 11.0. The number of hydrogen-bond donors (Lipinski definition) is 2. The fourth-order valence-electron chi connectivity index (χ4n) is 1.59. The number of anilines is 1. The third kappa shape index (κ3) is 1.60. The molecular formula is C10H10N4O2. The molecule has 0 saturated carbocycles. The Morgan fingerprint density at radius 1 is 1.50 bits per heavy atom. The van der Waals surface area contributed by atoms with E-state index in [4.69, 9.17) is 5.73 Å². The first-order chi connectivity index (χ1) is 7.59. The number of nitrogens with one attached hydrogen (secondary N) is 1. The molecule has 0 spiro atoms. The lowest BCUT2D eigenvalue weighted by molar-refractivity contribution is -0.384. The summed E-state index contributed by atoms with van der Waals surface area (Å²) in [6, 6.07) is 5.12. The van der Waals surface area contributed by atoms with Crippen LogP contribution in [-0.2, 0) is 0 Å². The minimum Gasteiger partial charge on any atom is -0.369 e. The van der Waals surface area contributed by atoms with Gasteiger partial charge in [0.2, 0.25) is 0 Å². The van der Waals surface area contributed by atoms with Gasteiger partial charge in [0.25, 0.3) is 5.69 Å². The third-order valence-corrected chi connectivity index (χ3v) is 2.31. The zero-order valence-electron chi connectivity index (χ0n) is 8.60. The molecule has 0 fully saturated rings. The number of para-hydroxylation sites is 1. The molecule has 2 rings (SSSR count). The van der Waals surface area contributed by atoms with E-state index in [2.05, 4.69) is 9.97 Å². The quantitative estimate of drug-likeness (QED) is 0.593. The summed E-state index contributed by atoms with van der Waals surface area (Å²) < 4.78 is 0. The average molecular weight is 218 g/mol. The molecule has 1 heterocycles. The normalized spacial score (nSPS) is 10.3. The number of benzene rings is 1. The zero-order valence-corrected chi connectivity index (χ0v) is 8.60. The smallest absolute Gasteiger partial charge is 0.281 e. The van der Waals surface area contributed by atoms with Gasteiger partial charge in [-0.2, -0.15) is 0 Å². The molecule has 0 atom stereocenters. The number of aromatic nitrogens is 2. The second kappa shape index (κ2) is 3.65. The fraction of sp³-hybridized carbons (Fsp3) is 0.100. The van der Waals surface area contributed by atoms with E-state index in [0.717, 1.165) is 0 Å². The lowest BCUT2D eigenvalue weighted by Gasteiger charge is -2.02. The number of nitrogens with zero attached hydrogens (tertiary/aromatic N) is 2. The maximum atomic E-state index is 11.0. The van der Waals surface area contributed by atoms with Gasteiger partial charge in [0.05, 0.1) is 22.4 Å². The summed E-state index contributed by atoms with van der Waals surface area (Å²) in [6.07, 6.45) is 1.48. The lowest BCUT2D eigenvalue weighted by Crippen LogP contribution is -1.95. The van der Waals surface area contributed by atoms with Crippen LogP contribution >= 0.6 is 0 Å². The van der Waals surface area contributed by atoms with Crippen molar-refractivity contribution >= 4 is 11.6 Å². The molecule has 6 nitrogen and oxygen atoms in total. The second-order valence-corrected chi connectivity index (χ2v) is 3.41. The van der Waals surface area contributed by atoms with Crippen molar-refractivity contribution in [3.8, 4) is 11.3 Å². The Kier molecular flexibility index (Phi) is 2.32. The molecular weight excluding hydrogens is 208 g/mol. The van der Waals surface area contributed by atoms with Gasteiger partial charge in [0, 0.05) is 5.56 Å². The number of rotatable bonds is 2. The summed E-state index contributed by atoms with van der Waals surface area (Å²) in [5.41, 5.74) is 7.17. The number of nitro groups is 1. The van der Waals surface area contributed by atoms with Crippen molar-refractivity contribution in [2.45, 2.75) is 6.92 Å². The van der Waals surface area contributed by atoms with Gasteiger partial charge >= 0.3 is 0 Å². The van der Waals surface area contributed by atoms with Crippen LogP contribution in [0.15, 0.2) is 24.4 Å². The third-order valence-electron chi connectivity index (χ3n) is 2.31. The van der Waals surface area contributed by atoms with Crippen LogP contribution in [0.3, 0.4) is 0 Å². The number of H-pyrrole nitrogens is 1. The van der Waals surface area contributed by atoms with Crippen LogP contribution in [0.1, 0.15) is 5.56 Å². The summed E-state index contributed by atoms with van der Waals surface area (Å²) in [5.74, 6) is 0.241. The first-order valence-electron chi connectivity index (χ1n) is 4.64. The van der Waals surface area contributed by atoms with Gasteiger partial charge in [-0.25, -0.2) is 4.98 Å². The van der Waals surface area contributed by atoms with E-state index in [1.165, 1.54) is 6.20 Å². The fourth-order valence-corrected chi connectivity index (χ4v) is 1.59. The van der Waals surface area contributed by atoms with Gasteiger partial charge in [-0.3, -0.25) is 10.1 Å². The summed E-state index contributed by atoms with van der Waals surface area (Å²) in [4.78, 5) is 17.2. The van der Waals surface area contributed by atoms with E-state index < -0.39 is 4.92 Å². The van der Waals surface area contributed by atoms with E-state index in [9.17, 15) is 10.1 Å². The Hall–Kier alpha value is -2.37. The molecule has 1 aromatic carbocycles. The highest BCUT2D eigenvalue weighted by Crippen LogP contribution is 2.31. The molecule has 82 valence electrons. The van der Waals surface area contributed by atoms with Gasteiger partial charge in [0.1, 0.15) is 0 Å². The molecule has 0 aliphatic heterocycles. The molecule has 2 aromatic rings. The van der Waals surface area contributed by atoms with Crippen molar-refractivity contribution in [2.24, 2.45) is 0 Å². The van der Waals surface area contributed by atoms with Gasteiger partial charge < -0.3 is 10.7 Å². The SMILES string of the molecule is Cc1cccc(-c2cnc(N)[nH]2)c1[N+](=O)[O-]. The van der Waals surface area contributed by atoms with Gasteiger partial charge in [-0.15, -0.1) is 0 Å². The van der Waals surface area contributed by atoms with E-state index in [1.807, 2.05) is 0 Å². The minimum absolute atomic E-state index is 0.0751. The van der Waals surface area contributed by atoms with Gasteiger partial charge in [-0.05, 0) is 13.0 Å². The average Bonchev–Trinajstić information content (AvgIpc) is 2.63. The van der Waals surface area contributed by atoms with E-state index in [0.29, 0.717) is 16.8 Å². The predicted molar refractivity (Wildman–Crippen MR) is 59.8 cm³/mol. The van der Waals surface area contributed by atoms with Crippen molar-refractivity contribution in [1.82, 2.24) is 9.97 Å². The maximum absolute atomic E-state index is 11.0. The number of aryl methyl sites for hydroxylation is 1. The van der Waals surface area contributed by atoms with Crippen LogP contribution in [0, 0.1) is 17.0 Å². The van der Waals surface area contributed by atoms with Crippen molar-refractivity contribution in [3.05, 3.63) is 40.1 Å². The molecule has 0 bridgehead atoms. The first kappa shape index (κ1) is 10.2. The van der Waals surface area contributed by atoms with Crippen LogP contribution in [0.25, 0.3) is 11.3 Å². The highest BCUT2D eigenvalue weighted by atomic mass is 16.6. The Morgan fingerprint density at radius 3 is 2.81 bits per heavy atom. The van der Waals surface area contributed by atoms with E-state index >= 15 is 0 Å². The number of imidazole rings is 1. The van der Waals surface area contributed by atoms with E-state index in [-0.39, 0.29) is 11.6 Å². The van der Waals surface area contributed by atoms with Crippen LogP contribution < -0.4 is 5.73 Å². The second-order valence-electron chi connectivity index (χ2n) is 3.41. The minimum atomic E-state index is -0.401. The topological polar surface area (TPSA) is 97.8 Å². The Morgan fingerprint density at radius 2 is 2.25 bits per heavy atom.